The maximum atomic E-state index is 12.3. The topological polar surface area (TPSA) is 68.0 Å². The smallest absolute Gasteiger partial charge is 0.255 e. The van der Waals surface area contributed by atoms with E-state index in [1.807, 2.05) is 0 Å². The molecule has 4 nitrogen and oxygen atoms in total. The van der Waals surface area contributed by atoms with E-state index in [0.717, 1.165) is 27.8 Å². The van der Waals surface area contributed by atoms with Gasteiger partial charge in [-0.3, -0.25) is 4.79 Å². The highest BCUT2D eigenvalue weighted by molar-refractivity contribution is 14.1. The van der Waals surface area contributed by atoms with Crippen molar-refractivity contribution in [3.63, 3.8) is 0 Å². The zero-order valence-electron chi connectivity index (χ0n) is 11.5. The van der Waals surface area contributed by atoms with Gasteiger partial charge in [0.1, 0.15) is 5.82 Å². The molecule has 1 aromatic heterocycles. The van der Waals surface area contributed by atoms with Gasteiger partial charge in [0.15, 0.2) is 0 Å². The van der Waals surface area contributed by atoms with E-state index in [-0.39, 0.29) is 5.91 Å². The van der Waals surface area contributed by atoms with Crippen LogP contribution < -0.4 is 11.1 Å². The van der Waals surface area contributed by atoms with Gasteiger partial charge in [0.05, 0.1) is 5.69 Å². The number of amides is 1. The van der Waals surface area contributed by atoms with E-state index >= 15 is 0 Å². The third-order valence-electron chi connectivity index (χ3n) is 2.85. The van der Waals surface area contributed by atoms with Crippen LogP contribution in [0.4, 0.5) is 11.5 Å². The lowest BCUT2D eigenvalue weighted by Gasteiger charge is -2.09. The van der Waals surface area contributed by atoms with Crippen LogP contribution in [0.25, 0.3) is 0 Å². The number of benzene rings is 1. The van der Waals surface area contributed by atoms with Crippen molar-refractivity contribution in [3.8, 4) is 0 Å². The van der Waals surface area contributed by atoms with Gasteiger partial charge in [-0.2, -0.15) is 0 Å². The molecule has 0 spiro atoms. The van der Waals surface area contributed by atoms with E-state index in [0.29, 0.717) is 16.4 Å². The summed E-state index contributed by atoms with van der Waals surface area (Å²) in [6, 6.07) is 8.67. The fraction of sp³-hybridized carbons (Fsp3) is 0.200. The molecule has 0 atom stereocenters. The molecule has 0 aliphatic rings. The van der Waals surface area contributed by atoms with Crippen molar-refractivity contribution in [3.05, 3.63) is 50.2 Å². The predicted molar refractivity (Wildman–Crippen MR) is 94.8 cm³/mol. The van der Waals surface area contributed by atoms with Gasteiger partial charge >= 0.3 is 0 Å². The van der Waals surface area contributed by atoms with Gasteiger partial charge in [-0.15, -0.1) is 0 Å². The first-order valence-electron chi connectivity index (χ1n) is 6.52. The number of nitrogens with one attached hydrogen (secondary N) is 1. The van der Waals surface area contributed by atoms with Crippen LogP contribution in [0.3, 0.4) is 0 Å². The summed E-state index contributed by atoms with van der Waals surface area (Å²) in [5.41, 5.74) is 7.82. The van der Waals surface area contributed by atoms with Gasteiger partial charge in [-0.25, -0.2) is 4.98 Å². The quantitative estimate of drug-likeness (QED) is 0.738. The first-order valence-corrected chi connectivity index (χ1v) is 7.98. The van der Waals surface area contributed by atoms with E-state index in [2.05, 4.69) is 39.8 Å². The molecule has 1 aromatic carbocycles. The second kappa shape index (κ2) is 7.09. The average Bonchev–Trinajstić information content (AvgIpc) is 2.41. The number of aromatic nitrogens is 1. The van der Waals surface area contributed by atoms with Gasteiger partial charge in [0.2, 0.25) is 0 Å². The molecule has 1 heterocycles. The van der Waals surface area contributed by atoms with Crippen LogP contribution in [0.1, 0.15) is 29.4 Å². The number of hydrogen-bond donors (Lipinski definition) is 2. The minimum Gasteiger partial charge on any atom is -0.384 e. The molecule has 3 N–H and O–H groups in total. The van der Waals surface area contributed by atoms with Gasteiger partial charge in [-0.05, 0) is 59.3 Å². The number of nitrogen functional groups attached to an aromatic ring is 1. The van der Waals surface area contributed by atoms with Crippen LogP contribution in [-0.2, 0) is 6.42 Å². The van der Waals surface area contributed by atoms with E-state index in [4.69, 9.17) is 17.3 Å². The highest BCUT2D eigenvalue weighted by Crippen LogP contribution is 2.23. The third-order valence-corrected chi connectivity index (χ3v) is 3.97. The molecule has 1 amide bonds. The molecule has 0 saturated heterocycles. The fourth-order valence-electron chi connectivity index (χ4n) is 1.91. The molecular formula is C15H15ClIN3O. The van der Waals surface area contributed by atoms with Gasteiger partial charge < -0.3 is 11.1 Å². The number of nitrogens with zero attached hydrogens (tertiary/aromatic N) is 1. The number of nitrogens with two attached hydrogens (primary N) is 1. The monoisotopic (exact) mass is 415 g/mol. The maximum absolute atomic E-state index is 12.3. The Morgan fingerprint density at radius 1 is 1.38 bits per heavy atom. The lowest BCUT2D eigenvalue weighted by Crippen LogP contribution is -2.14. The molecule has 0 fully saturated rings. The van der Waals surface area contributed by atoms with Gasteiger partial charge in [-0.1, -0.05) is 24.9 Å². The molecule has 2 rings (SSSR count). The summed E-state index contributed by atoms with van der Waals surface area (Å²) in [6.45, 7) is 2.06. The van der Waals surface area contributed by atoms with Crippen LogP contribution in [0.15, 0.2) is 30.3 Å². The molecule has 0 bridgehead atoms. The standard InChI is InChI=1S/C15H15ClIN3O/c1-2-3-11-6-9(7-14(18)19-11)15(21)20-13-5-4-10(16)8-12(13)17/h4-8H,2-3H2,1H3,(H2,18,19)(H,20,21). The fourth-order valence-corrected chi connectivity index (χ4v) is 2.92. The highest BCUT2D eigenvalue weighted by atomic mass is 127. The van der Waals surface area contributed by atoms with Crippen LogP contribution in [-0.4, -0.2) is 10.9 Å². The molecule has 21 heavy (non-hydrogen) atoms. The summed E-state index contributed by atoms with van der Waals surface area (Å²) < 4.78 is 0.879. The predicted octanol–water partition coefficient (Wildman–Crippen LogP) is 4.13. The van der Waals surface area contributed by atoms with Crippen molar-refractivity contribution >= 4 is 51.6 Å². The number of carbonyl (C=O) groups excluding carboxylic acids is 1. The molecule has 0 saturated carbocycles. The molecule has 2 aromatic rings. The summed E-state index contributed by atoms with van der Waals surface area (Å²) in [7, 11) is 0. The van der Waals surface area contributed by atoms with E-state index in [1.54, 1.807) is 30.3 Å². The lowest BCUT2D eigenvalue weighted by atomic mass is 10.1. The van der Waals surface area contributed by atoms with E-state index < -0.39 is 0 Å². The Kier molecular flexibility index (Phi) is 5.41. The van der Waals surface area contributed by atoms with Crippen molar-refractivity contribution in [2.75, 3.05) is 11.1 Å². The van der Waals surface area contributed by atoms with Crippen molar-refractivity contribution in [2.24, 2.45) is 0 Å². The largest absolute Gasteiger partial charge is 0.384 e. The zero-order chi connectivity index (χ0) is 15.4. The zero-order valence-corrected chi connectivity index (χ0v) is 14.4. The van der Waals surface area contributed by atoms with Crippen molar-refractivity contribution < 1.29 is 4.79 Å². The Balaban J connectivity index is 2.23. The summed E-state index contributed by atoms with van der Waals surface area (Å²) in [6.07, 6.45) is 1.75. The number of anilines is 2. The number of carbonyl (C=O) groups is 1. The van der Waals surface area contributed by atoms with Crippen molar-refractivity contribution in [1.82, 2.24) is 4.98 Å². The molecule has 0 radical (unpaired) electrons. The van der Waals surface area contributed by atoms with Crippen LogP contribution in [0, 0.1) is 3.57 Å². The second-order valence-corrected chi connectivity index (χ2v) is 6.20. The third kappa shape index (κ3) is 4.31. The van der Waals surface area contributed by atoms with Gasteiger partial charge in [0.25, 0.3) is 5.91 Å². The van der Waals surface area contributed by atoms with Crippen LogP contribution >= 0.6 is 34.2 Å². The molecular weight excluding hydrogens is 401 g/mol. The molecule has 0 aliphatic carbocycles. The molecule has 6 heteroatoms. The minimum atomic E-state index is -0.207. The Morgan fingerprint density at radius 2 is 2.14 bits per heavy atom. The van der Waals surface area contributed by atoms with Crippen molar-refractivity contribution in [2.45, 2.75) is 19.8 Å². The molecule has 0 aliphatic heterocycles. The molecule has 110 valence electrons. The Labute approximate surface area is 142 Å². The lowest BCUT2D eigenvalue weighted by molar-refractivity contribution is 0.102. The number of aryl methyl sites for hydroxylation is 1. The van der Waals surface area contributed by atoms with Gasteiger partial charge in [0, 0.05) is 19.9 Å². The second-order valence-electron chi connectivity index (χ2n) is 4.60. The Morgan fingerprint density at radius 3 is 2.81 bits per heavy atom. The number of pyridine rings is 1. The summed E-state index contributed by atoms with van der Waals surface area (Å²) >= 11 is 8.03. The minimum absolute atomic E-state index is 0.207. The summed E-state index contributed by atoms with van der Waals surface area (Å²) in [5, 5.41) is 3.50. The number of halogens is 2. The summed E-state index contributed by atoms with van der Waals surface area (Å²) in [4.78, 5) is 16.6. The Bertz CT molecular complexity index is 676. The first-order chi connectivity index (χ1) is 9.99. The SMILES string of the molecule is CCCc1cc(C(=O)Nc2ccc(Cl)cc2I)cc(N)n1. The number of hydrogen-bond acceptors (Lipinski definition) is 3. The van der Waals surface area contributed by atoms with E-state index in [1.165, 1.54) is 0 Å². The van der Waals surface area contributed by atoms with Crippen molar-refractivity contribution in [1.29, 1.82) is 0 Å². The van der Waals surface area contributed by atoms with Crippen LogP contribution in [0.5, 0.6) is 0 Å². The highest BCUT2D eigenvalue weighted by Gasteiger charge is 2.11. The molecule has 0 unspecified atom stereocenters. The normalized spacial score (nSPS) is 10.4. The van der Waals surface area contributed by atoms with E-state index in [9.17, 15) is 4.79 Å². The maximum Gasteiger partial charge on any atom is 0.255 e. The van der Waals surface area contributed by atoms with Crippen LogP contribution in [0.2, 0.25) is 5.02 Å². The Hall–Kier alpha value is -1.34. The summed E-state index contributed by atoms with van der Waals surface area (Å²) in [5.74, 6) is 0.151. The number of rotatable bonds is 4. The first kappa shape index (κ1) is 16.0. The average molecular weight is 416 g/mol.